The van der Waals surface area contributed by atoms with Crippen LogP contribution in [-0.4, -0.2) is 40.0 Å². The van der Waals surface area contributed by atoms with Crippen LogP contribution < -0.4 is 10.6 Å². The maximum Gasteiger partial charge on any atom is 0.326 e. The molecule has 0 saturated heterocycles. The predicted octanol–water partition coefficient (Wildman–Crippen LogP) is 0.587. The molecule has 0 aromatic heterocycles. The highest BCUT2D eigenvalue weighted by Crippen LogP contribution is 2.10. The van der Waals surface area contributed by atoms with Crippen molar-refractivity contribution in [1.82, 2.24) is 5.32 Å². The van der Waals surface area contributed by atoms with Gasteiger partial charge in [0, 0.05) is 17.7 Å². The Morgan fingerprint density at radius 1 is 1.12 bits per heavy atom. The van der Waals surface area contributed by atoms with Crippen LogP contribution in [-0.2, 0) is 14.4 Å². The van der Waals surface area contributed by atoms with Crippen molar-refractivity contribution in [3.8, 4) is 6.07 Å². The second-order valence-corrected chi connectivity index (χ2v) is 4.76. The molecule has 4 N–H and O–H groups in total. The van der Waals surface area contributed by atoms with Crippen LogP contribution in [0.2, 0.25) is 0 Å². The number of aliphatic carboxylic acids is 2. The van der Waals surface area contributed by atoms with Gasteiger partial charge in [0.25, 0.3) is 5.91 Å². The number of benzene rings is 1. The molecule has 0 aliphatic carbocycles. The maximum absolute atomic E-state index is 12.0. The zero-order valence-corrected chi connectivity index (χ0v) is 12.5. The first-order valence-corrected chi connectivity index (χ1v) is 6.85. The van der Waals surface area contributed by atoms with Gasteiger partial charge in [-0.1, -0.05) is 0 Å². The molecule has 9 nitrogen and oxygen atoms in total. The second-order valence-electron chi connectivity index (χ2n) is 4.76. The average Bonchev–Trinajstić information content (AvgIpc) is 2.51. The van der Waals surface area contributed by atoms with E-state index in [9.17, 15) is 19.2 Å². The summed E-state index contributed by atoms with van der Waals surface area (Å²) in [4.78, 5) is 44.8. The fraction of sp³-hybridized carbons (Fsp3) is 0.267. The first-order chi connectivity index (χ1) is 11.3. The zero-order chi connectivity index (χ0) is 18.1. The third-order valence-corrected chi connectivity index (χ3v) is 2.92. The molecule has 0 saturated carbocycles. The summed E-state index contributed by atoms with van der Waals surface area (Å²) >= 11 is 0. The van der Waals surface area contributed by atoms with Crippen molar-refractivity contribution >= 4 is 29.4 Å². The van der Waals surface area contributed by atoms with Crippen molar-refractivity contribution in [2.24, 2.45) is 0 Å². The number of hydrogen-bond acceptors (Lipinski definition) is 5. The van der Waals surface area contributed by atoms with Gasteiger partial charge < -0.3 is 20.8 Å². The number of nitriles is 1. The fourth-order valence-electron chi connectivity index (χ4n) is 1.75. The third kappa shape index (κ3) is 6.15. The molecule has 126 valence electrons. The van der Waals surface area contributed by atoms with Gasteiger partial charge in [0.2, 0.25) is 5.91 Å². The summed E-state index contributed by atoms with van der Waals surface area (Å²) in [5, 5.41) is 30.6. The summed E-state index contributed by atoms with van der Waals surface area (Å²) in [5.41, 5.74) is 0.530. The van der Waals surface area contributed by atoms with Crippen molar-refractivity contribution in [3.05, 3.63) is 29.8 Å². The lowest BCUT2D eigenvalue weighted by atomic mass is 10.1. The highest BCUT2D eigenvalue weighted by Gasteiger charge is 2.21. The minimum absolute atomic E-state index is 0.148. The largest absolute Gasteiger partial charge is 0.481 e. The van der Waals surface area contributed by atoms with E-state index in [4.69, 9.17) is 15.5 Å². The summed E-state index contributed by atoms with van der Waals surface area (Å²) in [6.07, 6.45) is -0.925. The van der Waals surface area contributed by atoms with E-state index in [1.807, 2.05) is 0 Å². The smallest absolute Gasteiger partial charge is 0.326 e. The van der Waals surface area contributed by atoms with Crippen LogP contribution in [0.5, 0.6) is 0 Å². The fourth-order valence-corrected chi connectivity index (χ4v) is 1.75. The molecular formula is C15H15N3O6. The number of nitrogens with zero attached hydrogens (tertiary/aromatic N) is 1. The Kier molecular flexibility index (Phi) is 6.91. The van der Waals surface area contributed by atoms with Crippen LogP contribution in [0.25, 0.3) is 0 Å². The quantitative estimate of drug-likeness (QED) is 0.542. The standard InChI is InChI=1S/C15H15N3O6/c16-8-7-12(19)17-10-3-1-9(2-4-10)14(22)18-11(15(23)24)5-6-13(20)21/h1-4,11H,5-7H2,(H,17,19)(H,18,22)(H,20,21)(H,23,24). The molecule has 0 aliphatic heterocycles. The molecule has 9 heteroatoms. The SMILES string of the molecule is N#CCC(=O)Nc1ccc(C(=O)NC(CCC(=O)O)C(=O)O)cc1. The Labute approximate surface area is 136 Å². The highest BCUT2D eigenvalue weighted by atomic mass is 16.4. The van der Waals surface area contributed by atoms with Gasteiger partial charge in [-0.25, -0.2) is 4.79 Å². The summed E-state index contributed by atoms with van der Waals surface area (Å²) in [5.74, 6) is -3.66. The maximum atomic E-state index is 12.0. The van der Waals surface area contributed by atoms with Gasteiger partial charge in [-0.3, -0.25) is 14.4 Å². The Balaban J connectivity index is 2.69. The summed E-state index contributed by atoms with van der Waals surface area (Å²) in [7, 11) is 0. The number of nitrogens with one attached hydrogen (secondary N) is 2. The number of hydrogen-bond donors (Lipinski definition) is 4. The number of anilines is 1. The van der Waals surface area contributed by atoms with Crippen LogP contribution in [0.3, 0.4) is 0 Å². The topological polar surface area (TPSA) is 157 Å². The van der Waals surface area contributed by atoms with Crippen molar-refractivity contribution in [1.29, 1.82) is 5.26 Å². The summed E-state index contributed by atoms with van der Waals surface area (Å²) in [6, 6.07) is 5.97. The molecule has 1 rings (SSSR count). The van der Waals surface area contributed by atoms with Gasteiger partial charge >= 0.3 is 11.9 Å². The highest BCUT2D eigenvalue weighted by molar-refractivity contribution is 5.97. The zero-order valence-electron chi connectivity index (χ0n) is 12.5. The summed E-state index contributed by atoms with van der Waals surface area (Å²) < 4.78 is 0. The normalized spacial score (nSPS) is 11.0. The van der Waals surface area contributed by atoms with Crippen LogP contribution in [0.1, 0.15) is 29.6 Å². The minimum Gasteiger partial charge on any atom is -0.481 e. The Morgan fingerprint density at radius 2 is 1.75 bits per heavy atom. The lowest BCUT2D eigenvalue weighted by molar-refractivity contribution is -0.140. The Bertz CT molecular complexity index is 677. The Hall–Kier alpha value is -3.41. The van der Waals surface area contributed by atoms with Crippen molar-refractivity contribution < 1.29 is 29.4 Å². The van der Waals surface area contributed by atoms with E-state index in [1.165, 1.54) is 24.3 Å². The minimum atomic E-state index is -1.33. The van der Waals surface area contributed by atoms with E-state index in [-0.39, 0.29) is 24.8 Å². The number of amides is 2. The van der Waals surface area contributed by atoms with Gasteiger partial charge in [0.05, 0.1) is 6.07 Å². The Morgan fingerprint density at radius 3 is 2.25 bits per heavy atom. The third-order valence-electron chi connectivity index (χ3n) is 2.92. The number of carboxylic acids is 2. The van der Waals surface area contributed by atoms with Crippen molar-refractivity contribution in [3.63, 3.8) is 0 Å². The molecule has 0 spiro atoms. The van der Waals surface area contributed by atoms with Crippen LogP contribution in [0.4, 0.5) is 5.69 Å². The average molecular weight is 333 g/mol. The number of carboxylic acid groups (broad SMARTS) is 2. The molecular weight excluding hydrogens is 318 g/mol. The second kappa shape index (κ2) is 8.89. The van der Waals surface area contributed by atoms with E-state index >= 15 is 0 Å². The molecule has 1 aromatic carbocycles. The van der Waals surface area contributed by atoms with Gasteiger partial charge in [-0.2, -0.15) is 5.26 Å². The molecule has 1 unspecified atom stereocenters. The molecule has 0 radical (unpaired) electrons. The van der Waals surface area contributed by atoms with Crippen molar-refractivity contribution in [2.75, 3.05) is 5.32 Å². The molecule has 1 aromatic rings. The number of rotatable bonds is 8. The lowest BCUT2D eigenvalue weighted by Gasteiger charge is -2.13. The van der Waals surface area contributed by atoms with E-state index in [0.717, 1.165) is 0 Å². The van der Waals surface area contributed by atoms with Crippen LogP contribution in [0.15, 0.2) is 24.3 Å². The number of carbonyl (C=O) groups is 4. The molecule has 0 aliphatic rings. The number of carbonyl (C=O) groups excluding carboxylic acids is 2. The first-order valence-electron chi connectivity index (χ1n) is 6.85. The van der Waals surface area contributed by atoms with E-state index < -0.39 is 29.8 Å². The van der Waals surface area contributed by atoms with Gasteiger partial charge in [0.15, 0.2) is 0 Å². The van der Waals surface area contributed by atoms with Crippen LogP contribution >= 0.6 is 0 Å². The summed E-state index contributed by atoms with van der Waals surface area (Å²) in [6.45, 7) is 0. The molecule has 24 heavy (non-hydrogen) atoms. The van der Waals surface area contributed by atoms with Gasteiger partial charge in [-0.15, -0.1) is 0 Å². The van der Waals surface area contributed by atoms with E-state index in [2.05, 4.69) is 10.6 Å². The molecule has 1 atom stereocenters. The molecule has 0 heterocycles. The van der Waals surface area contributed by atoms with E-state index in [1.54, 1.807) is 6.07 Å². The monoisotopic (exact) mass is 333 g/mol. The molecule has 0 bridgehead atoms. The van der Waals surface area contributed by atoms with Crippen molar-refractivity contribution in [2.45, 2.75) is 25.3 Å². The molecule has 0 fully saturated rings. The van der Waals surface area contributed by atoms with Gasteiger partial charge in [0.1, 0.15) is 12.5 Å². The lowest BCUT2D eigenvalue weighted by Crippen LogP contribution is -2.41. The molecule has 2 amide bonds. The van der Waals surface area contributed by atoms with Gasteiger partial charge in [-0.05, 0) is 30.7 Å². The first kappa shape index (κ1) is 18.6. The van der Waals surface area contributed by atoms with E-state index in [0.29, 0.717) is 5.69 Å². The van der Waals surface area contributed by atoms with Crippen LogP contribution in [0, 0.1) is 11.3 Å². The predicted molar refractivity (Wildman–Crippen MR) is 81.1 cm³/mol.